The topological polar surface area (TPSA) is 80.8 Å². The molecule has 5 rings (SSSR count). The molecule has 4 heterocycles. The van der Waals surface area contributed by atoms with Crippen LogP contribution in [-0.2, 0) is 19.1 Å². The van der Waals surface area contributed by atoms with Crippen molar-refractivity contribution in [3.8, 4) is 0 Å². The number of hydrogen-bond acceptors (Lipinski definition) is 5. The first-order chi connectivity index (χ1) is 18.7. The number of amides is 1. The van der Waals surface area contributed by atoms with E-state index in [1.54, 1.807) is 47.4 Å². The van der Waals surface area contributed by atoms with Crippen LogP contribution in [0.15, 0.2) is 72.5 Å². The number of ether oxygens (including phenoxy) is 2. The molecule has 8 nitrogen and oxygen atoms in total. The van der Waals surface area contributed by atoms with Gasteiger partial charge in [0, 0.05) is 43.0 Å². The number of benzene rings is 1. The largest absolute Gasteiger partial charge is 0.466 e. The normalized spacial score (nSPS) is 19.0. The van der Waals surface area contributed by atoms with Gasteiger partial charge in [0.1, 0.15) is 0 Å². The summed E-state index contributed by atoms with van der Waals surface area (Å²) < 4.78 is 44.3. The smallest absolute Gasteiger partial charge is 0.388 e. The number of fused-ring (bicyclic) bond motifs is 2. The van der Waals surface area contributed by atoms with E-state index in [9.17, 15) is 14.4 Å². The SMILES string of the molecule is COC(=O)C=Cc1ccc2n1S(F)(F)[N+]1=C(C=CC(C)=O)C=CC1=C2c1ccc(C(=O)N2CCOCC2)cc1. The number of allylic oxidation sites excluding steroid dienone is 4. The molecule has 1 fully saturated rings. The third kappa shape index (κ3) is 4.90. The lowest BCUT2D eigenvalue weighted by Crippen LogP contribution is -2.40. The average Bonchev–Trinajstić information content (AvgIpc) is 3.57. The summed E-state index contributed by atoms with van der Waals surface area (Å²) in [4.78, 5) is 37.9. The van der Waals surface area contributed by atoms with Crippen molar-refractivity contribution >= 4 is 46.2 Å². The number of halogens is 2. The van der Waals surface area contributed by atoms with E-state index in [-0.39, 0.29) is 34.5 Å². The number of nitrogens with zero attached hydrogens (tertiary/aromatic N) is 3. The van der Waals surface area contributed by atoms with Gasteiger partial charge < -0.3 is 14.4 Å². The lowest BCUT2D eigenvalue weighted by Gasteiger charge is -2.28. The zero-order valence-electron chi connectivity index (χ0n) is 21.3. The van der Waals surface area contributed by atoms with Crippen LogP contribution in [0.2, 0.25) is 0 Å². The minimum absolute atomic E-state index is 0.117. The first-order valence-electron chi connectivity index (χ1n) is 12.2. The van der Waals surface area contributed by atoms with Crippen LogP contribution < -0.4 is 0 Å². The number of ketones is 1. The monoisotopic (exact) mass is 554 g/mol. The summed E-state index contributed by atoms with van der Waals surface area (Å²) in [5.74, 6) is -1.06. The highest BCUT2D eigenvalue weighted by molar-refractivity contribution is 8.18. The Hall–Kier alpha value is -4.09. The van der Waals surface area contributed by atoms with Crippen LogP contribution in [0.4, 0.5) is 7.77 Å². The molecule has 0 spiro atoms. The second kappa shape index (κ2) is 10.6. The van der Waals surface area contributed by atoms with Crippen molar-refractivity contribution in [3.63, 3.8) is 0 Å². The van der Waals surface area contributed by atoms with Crippen LogP contribution in [0.25, 0.3) is 11.6 Å². The highest BCUT2D eigenvalue weighted by Gasteiger charge is 2.52. The molecule has 0 N–H and O–H groups in total. The fraction of sp³-hybridized carbons (Fsp3) is 0.214. The molecule has 39 heavy (non-hydrogen) atoms. The zero-order chi connectivity index (χ0) is 27.7. The van der Waals surface area contributed by atoms with Gasteiger partial charge in [-0.25, -0.2) is 8.77 Å². The van der Waals surface area contributed by atoms with Crippen LogP contribution in [0.5, 0.6) is 0 Å². The summed E-state index contributed by atoms with van der Waals surface area (Å²) in [6.07, 6.45) is 8.13. The predicted octanol–water partition coefficient (Wildman–Crippen LogP) is 4.34. The maximum Gasteiger partial charge on any atom is 0.388 e. The van der Waals surface area contributed by atoms with E-state index in [0.29, 0.717) is 43.0 Å². The van der Waals surface area contributed by atoms with Gasteiger partial charge in [-0.2, -0.15) is 0 Å². The van der Waals surface area contributed by atoms with Crippen LogP contribution in [0, 0.1) is 0 Å². The number of carbonyl (C=O) groups excluding carboxylic acids is 3. The molecule has 0 atom stereocenters. The summed E-state index contributed by atoms with van der Waals surface area (Å²) in [6.45, 7) is 3.34. The number of rotatable bonds is 6. The molecule has 0 aliphatic carbocycles. The van der Waals surface area contributed by atoms with E-state index in [0.717, 1.165) is 14.0 Å². The van der Waals surface area contributed by atoms with Gasteiger partial charge in [-0.15, -0.1) is 0 Å². The molecule has 3 aliphatic heterocycles. The molecule has 0 bridgehead atoms. The number of carbonyl (C=O) groups is 3. The molecule has 3 aliphatic rings. The maximum absolute atomic E-state index is 16.2. The Bertz CT molecular complexity index is 1510. The van der Waals surface area contributed by atoms with Crippen LogP contribution in [-0.4, -0.2) is 69.6 Å². The number of hydrogen-bond donors (Lipinski definition) is 0. The van der Waals surface area contributed by atoms with E-state index < -0.39 is 17.1 Å². The standard InChI is InChI=1S/C28H26F2N3O5S/c1-19(34)3-8-22-9-12-24-27(20-4-6-21(7-5-20)28(36)31-15-17-38-18-16-31)25-13-10-23(11-14-26(35)37-2)33(25)39(29,30)32(22)24/h3-14H,15-18H2,1-2H3/q+1. The zero-order valence-corrected chi connectivity index (χ0v) is 22.1. The predicted molar refractivity (Wildman–Crippen MR) is 144 cm³/mol. The highest BCUT2D eigenvalue weighted by Crippen LogP contribution is 2.62. The molecule has 11 heteroatoms. The van der Waals surface area contributed by atoms with Crippen molar-refractivity contribution in [2.45, 2.75) is 6.92 Å². The average molecular weight is 555 g/mol. The quantitative estimate of drug-likeness (QED) is 0.302. The van der Waals surface area contributed by atoms with Crippen molar-refractivity contribution in [2.75, 3.05) is 33.4 Å². The van der Waals surface area contributed by atoms with E-state index in [2.05, 4.69) is 4.74 Å². The van der Waals surface area contributed by atoms with Gasteiger partial charge in [-0.05, 0) is 48.9 Å². The molecule has 0 radical (unpaired) electrons. The Kier molecular flexibility index (Phi) is 7.19. The molecular weight excluding hydrogens is 528 g/mol. The number of morpholine rings is 1. The second-order valence-electron chi connectivity index (χ2n) is 8.95. The molecule has 0 saturated carbocycles. The van der Waals surface area contributed by atoms with Gasteiger partial charge >= 0.3 is 17.1 Å². The minimum Gasteiger partial charge on any atom is -0.466 e. The van der Waals surface area contributed by atoms with Crippen molar-refractivity contribution in [2.24, 2.45) is 0 Å². The molecule has 202 valence electrons. The lowest BCUT2D eigenvalue weighted by atomic mass is 9.99. The van der Waals surface area contributed by atoms with Crippen LogP contribution >= 0.6 is 11.2 Å². The Morgan fingerprint density at radius 1 is 1.00 bits per heavy atom. The van der Waals surface area contributed by atoms with Crippen LogP contribution in [0.1, 0.15) is 34.2 Å². The Balaban J connectivity index is 1.64. The third-order valence-electron chi connectivity index (χ3n) is 6.48. The first kappa shape index (κ1) is 26.5. The van der Waals surface area contributed by atoms with E-state index in [1.165, 1.54) is 38.3 Å². The van der Waals surface area contributed by atoms with Crippen molar-refractivity contribution in [3.05, 3.63) is 95.0 Å². The van der Waals surface area contributed by atoms with E-state index in [1.807, 2.05) is 0 Å². The summed E-state index contributed by atoms with van der Waals surface area (Å²) in [7, 11) is 1.21. The van der Waals surface area contributed by atoms with Gasteiger partial charge in [0.15, 0.2) is 5.78 Å². The highest BCUT2D eigenvalue weighted by atomic mass is 32.3. The van der Waals surface area contributed by atoms with E-state index >= 15 is 7.77 Å². The summed E-state index contributed by atoms with van der Waals surface area (Å²) in [5, 5.41) is 0. The number of esters is 1. The molecule has 1 amide bonds. The third-order valence-corrected chi connectivity index (χ3v) is 8.17. The van der Waals surface area contributed by atoms with Gasteiger partial charge in [0.25, 0.3) is 5.91 Å². The van der Waals surface area contributed by atoms with Gasteiger partial charge in [0.2, 0.25) is 11.4 Å². The second-order valence-corrected chi connectivity index (χ2v) is 10.5. The Morgan fingerprint density at radius 2 is 1.72 bits per heavy atom. The fourth-order valence-electron chi connectivity index (χ4n) is 4.65. The molecule has 1 aromatic carbocycles. The van der Waals surface area contributed by atoms with Gasteiger partial charge in [-0.1, -0.05) is 23.9 Å². The van der Waals surface area contributed by atoms with Crippen molar-refractivity contribution in [1.29, 1.82) is 0 Å². The van der Waals surface area contributed by atoms with Gasteiger partial charge in [0.05, 0.1) is 37.3 Å². The summed E-state index contributed by atoms with van der Waals surface area (Å²) in [6, 6.07) is 9.96. The van der Waals surface area contributed by atoms with Crippen LogP contribution in [0.3, 0.4) is 0 Å². The Labute approximate surface area is 226 Å². The van der Waals surface area contributed by atoms with Gasteiger partial charge in [-0.3, -0.25) is 9.59 Å². The number of methoxy groups -OCH3 is 1. The maximum atomic E-state index is 16.2. The summed E-state index contributed by atoms with van der Waals surface area (Å²) in [5.41, 5.74) is 2.48. The van der Waals surface area contributed by atoms with Crippen molar-refractivity contribution in [1.82, 2.24) is 8.87 Å². The molecule has 2 aromatic rings. The van der Waals surface area contributed by atoms with E-state index in [4.69, 9.17) is 4.74 Å². The fourth-order valence-corrected chi connectivity index (χ4v) is 6.34. The minimum atomic E-state index is -4.68. The summed E-state index contributed by atoms with van der Waals surface area (Å²) >= 11 is -4.68. The number of aromatic nitrogens is 1. The Morgan fingerprint density at radius 3 is 2.38 bits per heavy atom. The first-order valence-corrected chi connectivity index (χ1v) is 13.5. The molecule has 1 saturated heterocycles. The molecule has 0 unspecified atom stereocenters. The molecule has 1 aromatic heterocycles. The molecular formula is C28H26F2N3O5S+. The lowest BCUT2D eigenvalue weighted by molar-refractivity contribution is -0.300. The van der Waals surface area contributed by atoms with Crippen molar-refractivity contribution < 1.29 is 35.6 Å².